The number of ether oxygens (including phenoxy) is 1. The Morgan fingerprint density at radius 1 is 1.32 bits per heavy atom. The number of halogens is 3. The number of hydrogen-bond donors (Lipinski definition) is 2. The SMILES string of the molecule is CCCCN(C(=N)N)c1c(C)cc(N2CCOCC2)cc1C(F)(F)F. The van der Waals surface area contributed by atoms with Gasteiger partial charge in [-0.1, -0.05) is 13.3 Å². The van der Waals surface area contributed by atoms with Gasteiger partial charge in [0.05, 0.1) is 24.5 Å². The molecule has 8 heteroatoms. The molecule has 0 atom stereocenters. The molecule has 140 valence electrons. The predicted octanol–water partition coefficient (Wildman–Crippen LogP) is 3.35. The van der Waals surface area contributed by atoms with Gasteiger partial charge in [0.25, 0.3) is 0 Å². The number of morpholine rings is 1. The monoisotopic (exact) mass is 358 g/mol. The molecule has 2 rings (SSSR count). The van der Waals surface area contributed by atoms with Crippen molar-refractivity contribution in [2.45, 2.75) is 32.9 Å². The molecule has 0 radical (unpaired) electrons. The van der Waals surface area contributed by atoms with E-state index in [0.29, 0.717) is 44.0 Å². The van der Waals surface area contributed by atoms with Crippen molar-refractivity contribution in [2.75, 3.05) is 42.6 Å². The van der Waals surface area contributed by atoms with E-state index in [0.717, 1.165) is 12.5 Å². The van der Waals surface area contributed by atoms with Gasteiger partial charge in [0.1, 0.15) is 0 Å². The second kappa shape index (κ2) is 7.95. The summed E-state index contributed by atoms with van der Waals surface area (Å²) in [6, 6.07) is 2.90. The first-order valence-corrected chi connectivity index (χ1v) is 8.41. The fourth-order valence-electron chi connectivity index (χ4n) is 3.01. The molecule has 3 N–H and O–H groups in total. The molecule has 0 amide bonds. The van der Waals surface area contributed by atoms with E-state index >= 15 is 0 Å². The van der Waals surface area contributed by atoms with Gasteiger partial charge in [0.2, 0.25) is 0 Å². The molecule has 0 bridgehead atoms. The largest absolute Gasteiger partial charge is 0.418 e. The highest BCUT2D eigenvalue weighted by atomic mass is 19.4. The summed E-state index contributed by atoms with van der Waals surface area (Å²) in [7, 11) is 0. The van der Waals surface area contributed by atoms with Gasteiger partial charge in [0, 0.05) is 25.3 Å². The Hall–Kier alpha value is -1.96. The number of unbranched alkanes of at least 4 members (excludes halogenated alkanes) is 1. The minimum atomic E-state index is -4.53. The fraction of sp³-hybridized carbons (Fsp3) is 0.588. The predicted molar refractivity (Wildman–Crippen MR) is 93.4 cm³/mol. The number of guanidine groups is 1. The molecule has 0 saturated carbocycles. The third-order valence-corrected chi connectivity index (χ3v) is 4.26. The molecule has 1 saturated heterocycles. The molecule has 0 spiro atoms. The molecule has 25 heavy (non-hydrogen) atoms. The Morgan fingerprint density at radius 2 is 1.96 bits per heavy atom. The number of rotatable bonds is 5. The number of aryl methyl sites for hydroxylation is 1. The second-order valence-corrected chi connectivity index (χ2v) is 6.15. The normalized spacial score (nSPS) is 15.3. The molecular formula is C17H25F3N4O. The molecule has 1 heterocycles. The summed E-state index contributed by atoms with van der Waals surface area (Å²) in [5, 5.41) is 7.72. The summed E-state index contributed by atoms with van der Waals surface area (Å²) in [6.45, 7) is 5.97. The van der Waals surface area contributed by atoms with Gasteiger partial charge in [-0.25, -0.2) is 0 Å². The van der Waals surface area contributed by atoms with Crippen LogP contribution in [-0.4, -0.2) is 38.8 Å². The molecule has 1 aromatic rings. The van der Waals surface area contributed by atoms with Crippen LogP contribution >= 0.6 is 0 Å². The van der Waals surface area contributed by atoms with Gasteiger partial charge in [0.15, 0.2) is 5.96 Å². The zero-order valence-corrected chi connectivity index (χ0v) is 14.6. The Labute approximate surface area is 146 Å². The minimum Gasteiger partial charge on any atom is -0.378 e. The van der Waals surface area contributed by atoms with Crippen molar-refractivity contribution in [3.8, 4) is 0 Å². The molecule has 1 aromatic carbocycles. The quantitative estimate of drug-likeness (QED) is 0.626. The van der Waals surface area contributed by atoms with Crippen LogP contribution in [0.1, 0.15) is 30.9 Å². The highest BCUT2D eigenvalue weighted by molar-refractivity contribution is 5.94. The maximum Gasteiger partial charge on any atom is 0.418 e. The first-order chi connectivity index (χ1) is 11.8. The average Bonchev–Trinajstić information content (AvgIpc) is 2.55. The van der Waals surface area contributed by atoms with Crippen molar-refractivity contribution in [1.29, 1.82) is 5.41 Å². The van der Waals surface area contributed by atoms with E-state index in [4.69, 9.17) is 15.9 Å². The van der Waals surface area contributed by atoms with Crippen LogP contribution in [-0.2, 0) is 10.9 Å². The standard InChI is InChI=1S/C17H25F3N4O/c1-3-4-5-24(16(21)22)15-12(2)10-13(11-14(15)17(18,19)20)23-6-8-25-9-7-23/h10-11H,3-9H2,1-2H3,(H3,21,22). The third-order valence-electron chi connectivity index (χ3n) is 4.26. The van der Waals surface area contributed by atoms with Crippen molar-refractivity contribution in [1.82, 2.24) is 0 Å². The summed E-state index contributed by atoms with van der Waals surface area (Å²) in [5.74, 6) is -0.374. The summed E-state index contributed by atoms with van der Waals surface area (Å²) < 4.78 is 46.5. The van der Waals surface area contributed by atoms with Crippen LogP contribution in [0.2, 0.25) is 0 Å². The third kappa shape index (κ3) is 4.56. The van der Waals surface area contributed by atoms with E-state index in [1.165, 1.54) is 4.90 Å². The first-order valence-electron chi connectivity index (χ1n) is 8.41. The molecule has 0 aromatic heterocycles. The zero-order chi connectivity index (χ0) is 18.6. The molecule has 0 aliphatic carbocycles. The minimum absolute atomic E-state index is 0.0227. The molecular weight excluding hydrogens is 333 g/mol. The van der Waals surface area contributed by atoms with Gasteiger partial charge in [-0.15, -0.1) is 0 Å². The summed E-state index contributed by atoms with van der Waals surface area (Å²) >= 11 is 0. The number of anilines is 2. The van der Waals surface area contributed by atoms with Gasteiger partial charge in [-0.2, -0.15) is 13.2 Å². The number of nitrogens with zero attached hydrogens (tertiary/aromatic N) is 2. The van der Waals surface area contributed by atoms with Crippen LogP contribution in [0.3, 0.4) is 0 Å². The highest BCUT2D eigenvalue weighted by Crippen LogP contribution is 2.41. The van der Waals surface area contributed by atoms with E-state index in [9.17, 15) is 13.2 Å². The highest BCUT2D eigenvalue weighted by Gasteiger charge is 2.37. The maximum atomic E-state index is 13.7. The average molecular weight is 358 g/mol. The van der Waals surface area contributed by atoms with E-state index in [1.54, 1.807) is 13.0 Å². The van der Waals surface area contributed by atoms with E-state index in [1.807, 2.05) is 11.8 Å². The molecule has 0 unspecified atom stereocenters. The number of nitrogens with one attached hydrogen (secondary N) is 1. The van der Waals surface area contributed by atoms with Crippen LogP contribution in [0.5, 0.6) is 0 Å². The van der Waals surface area contributed by atoms with Crippen molar-refractivity contribution >= 4 is 17.3 Å². The van der Waals surface area contributed by atoms with E-state index in [-0.39, 0.29) is 18.2 Å². The van der Waals surface area contributed by atoms with Crippen molar-refractivity contribution in [3.05, 3.63) is 23.3 Å². The van der Waals surface area contributed by atoms with Crippen LogP contribution in [0.25, 0.3) is 0 Å². The van der Waals surface area contributed by atoms with Crippen molar-refractivity contribution in [3.63, 3.8) is 0 Å². The number of benzene rings is 1. The number of nitrogens with two attached hydrogens (primary N) is 1. The number of hydrogen-bond acceptors (Lipinski definition) is 3. The molecule has 5 nitrogen and oxygen atoms in total. The van der Waals surface area contributed by atoms with Gasteiger partial charge >= 0.3 is 6.18 Å². The molecule has 1 aliphatic heterocycles. The van der Waals surface area contributed by atoms with Gasteiger partial charge in [-0.05, 0) is 31.0 Å². The van der Waals surface area contributed by atoms with Crippen LogP contribution in [0.4, 0.5) is 24.5 Å². The topological polar surface area (TPSA) is 65.6 Å². The number of alkyl halides is 3. The Morgan fingerprint density at radius 3 is 2.48 bits per heavy atom. The van der Waals surface area contributed by atoms with Crippen molar-refractivity contribution in [2.24, 2.45) is 5.73 Å². The van der Waals surface area contributed by atoms with Gasteiger partial charge in [-0.3, -0.25) is 5.41 Å². The van der Waals surface area contributed by atoms with Crippen LogP contribution < -0.4 is 15.5 Å². The Kier molecular flexibility index (Phi) is 6.16. The smallest absolute Gasteiger partial charge is 0.378 e. The van der Waals surface area contributed by atoms with E-state index < -0.39 is 11.7 Å². The zero-order valence-electron chi connectivity index (χ0n) is 14.6. The van der Waals surface area contributed by atoms with Gasteiger partial charge < -0.3 is 20.3 Å². The maximum absolute atomic E-state index is 13.7. The second-order valence-electron chi connectivity index (χ2n) is 6.15. The van der Waals surface area contributed by atoms with Crippen LogP contribution in [0.15, 0.2) is 12.1 Å². The lowest BCUT2D eigenvalue weighted by atomic mass is 10.0. The lowest BCUT2D eigenvalue weighted by Gasteiger charge is -2.32. The van der Waals surface area contributed by atoms with Crippen molar-refractivity contribution < 1.29 is 17.9 Å². The fourth-order valence-corrected chi connectivity index (χ4v) is 3.01. The summed E-state index contributed by atoms with van der Waals surface area (Å²) in [5.41, 5.74) is 5.80. The molecule has 1 aliphatic rings. The first kappa shape index (κ1) is 19.4. The van der Waals surface area contributed by atoms with E-state index in [2.05, 4.69) is 0 Å². The lowest BCUT2D eigenvalue weighted by Crippen LogP contribution is -2.39. The summed E-state index contributed by atoms with van der Waals surface area (Å²) in [4.78, 5) is 3.14. The Bertz CT molecular complexity index is 613. The van der Waals surface area contributed by atoms with Crippen LogP contribution in [0, 0.1) is 12.3 Å². The summed E-state index contributed by atoms with van der Waals surface area (Å²) in [6.07, 6.45) is -3.07. The Balaban J connectivity index is 2.52. The molecule has 1 fully saturated rings. The lowest BCUT2D eigenvalue weighted by molar-refractivity contribution is -0.137.